The van der Waals surface area contributed by atoms with E-state index in [1.165, 1.54) is 23.4 Å². The lowest BCUT2D eigenvalue weighted by molar-refractivity contribution is 0.120. The van der Waals surface area contributed by atoms with Gasteiger partial charge in [0.2, 0.25) is 0 Å². The number of aromatic nitrogens is 2. The summed E-state index contributed by atoms with van der Waals surface area (Å²) >= 11 is 1.66. The van der Waals surface area contributed by atoms with Gasteiger partial charge in [0.1, 0.15) is 0 Å². The molecule has 1 unspecified atom stereocenters. The van der Waals surface area contributed by atoms with Gasteiger partial charge in [0.25, 0.3) is 0 Å². The van der Waals surface area contributed by atoms with E-state index in [0.717, 1.165) is 36.9 Å². The molecule has 1 N–H and O–H groups in total. The maximum Gasteiger partial charge on any atom is 0.183 e. The van der Waals surface area contributed by atoms with Crippen LogP contribution in [-0.2, 0) is 11.3 Å². The monoisotopic (exact) mass is 317 g/mol. The molecule has 22 heavy (non-hydrogen) atoms. The van der Waals surface area contributed by atoms with E-state index in [9.17, 15) is 0 Å². The predicted molar refractivity (Wildman–Crippen MR) is 92.7 cm³/mol. The van der Waals surface area contributed by atoms with Gasteiger partial charge < -0.3 is 14.6 Å². The molecule has 0 saturated carbocycles. The Morgan fingerprint density at radius 3 is 3.14 bits per heavy atom. The molecule has 3 rings (SSSR count). The molecule has 2 aromatic rings. The van der Waals surface area contributed by atoms with Crippen LogP contribution in [0.25, 0.3) is 11.3 Å². The highest BCUT2D eigenvalue weighted by atomic mass is 32.1. The van der Waals surface area contributed by atoms with Crippen molar-refractivity contribution in [2.24, 2.45) is 0 Å². The smallest absolute Gasteiger partial charge is 0.183 e. The molecule has 0 amide bonds. The standard InChI is InChI=1S/C17H23N3OS/c1-4-7-20-12(2)9-15(13(20)3)16-11-22-17(19-16)18-10-14-6-5-8-21-14/h4,9,11,14H,1,5-8,10H2,2-3H3,(H,18,19). The average Bonchev–Trinajstić information content (AvgIpc) is 3.22. The van der Waals surface area contributed by atoms with Crippen LogP contribution >= 0.6 is 11.3 Å². The van der Waals surface area contributed by atoms with Crippen molar-refractivity contribution in [1.82, 2.24) is 9.55 Å². The van der Waals surface area contributed by atoms with Gasteiger partial charge in [-0.05, 0) is 32.8 Å². The predicted octanol–water partition coefficient (Wildman–Crippen LogP) is 4.01. The van der Waals surface area contributed by atoms with Crippen LogP contribution in [0.15, 0.2) is 24.1 Å². The quantitative estimate of drug-likeness (QED) is 0.818. The van der Waals surface area contributed by atoms with Gasteiger partial charge in [-0.3, -0.25) is 0 Å². The molecule has 0 aliphatic carbocycles. The Bertz CT molecular complexity index is 653. The molecular formula is C17H23N3OS. The van der Waals surface area contributed by atoms with Gasteiger partial charge in [-0.15, -0.1) is 17.9 Å². The lowest BCUT2D eigenvalue weighted by Gasteiger charge is -2.09. The molecule has 2 aromatic heterocycles. The summed E-state index contributed by atoms with van der Waals surface area (Å²) in [6.07, 6.45) is 4.59. The largest absolute Gasteiger partial charge is 0.376 e. The second-order valence-corrected chi connectivity index (χ2v) is 6.60. The molecule has 1 saturated heterocycles. The minimum absolute atomic E-state index is 0.338. The van der Waals surface area contributed by atoms with Gasteiger partial charge in [-0.1, -0.05) is 6.08 Å². The zero-order valence-corrected chi connectivity index (χ0v) is 14.1. The van der Waals surface area contributed by atoms with Crippen LogP contribution in [0.5, 0.6) is 0 Å². The topological polar surface area (TPSA) is 39.1 Å². The van der Waals surface area contributed by atoms with Crippen molar-refractivity contribution in [2.75, 3.05) is 18.5 Å². The first kappa shape index (κ1) is 15.3. The lowest BCUT2D eigenvalue weighted by atomic mass is 10.2. The fourth-order valence-corrected chi connectivity index (χ4v) is 3.68. The number of ether oxygens (including phenoxy) is 1. The Kier molecular flexibility index (Phi) is 4.64. The number of rotatable bonds is 6. The molecule has 0 radical (unpaired) electrons. The fraction of sp³-hybridized carbons (Fsp3) is 0.471. The summed E-state index contributed by atoms with van der Waals surface area (Å²) in [5.74, 6) is 0. The van der Waals surface area contributed by atoms with Gasteiger partial charge in [0, 0.05) is 42.0 Å². The molecule has 1 aliphatic heterocycles. The van der Waals surface area contributed by atoms with Crippen molar-refractivity contribution in [3.63, 3.8) is 0 Å². The summed E-state index contributed by atoms with van der Waals surface area (Å²) in [7, 11) is 0. The van der Waals surface area contributed by atoms with E-state index < -0.39 is 0 Å². The molecule has 3 heterocycles. The lowest BCUT2D eigenvalue weighted by Crippen LogP contribution is -2.18. The molecule has 118 valence electrons. The number of nitrogens with zero attached hydrogens (tertiary/aromatic N) is 2. The van der Waals surface area contributed by atoms with Crippen molar-refractivity contribution in [1.29, 1.82) is 0 Å². The third kappa shape index (κ3) is 3.10. The first-order valence-electron chi connectivity index (χ1n) is 7.78. The average molecular weight is 317 g/mol. The zero-order chi connectivity index (χ0) is 15.5. The fourth-order valence-electron chi connectivity index (χ4n) is 2.96. The molecule has 4 nitrogen and oxygen atoms in total. The number of hydrogen-bond acceptors (Lipinski definition) is 4. The van der Waals surface area contributed by atoms with E-state index in [1.807, 2.05) is 6.08 Å². The summed E-state index contributed by atoms with van der Waals surface area (Å²) < 4.78 is 7.90. The minimum atomic E-state index is 0.338. The van der Waals surface area contributed by atoms with Gasteiger partial charge >= 0.3 is 0 Å². The zero-order valence-electron chi connectivity index (χ0n) is 13.3. The van der Waals surface area contributed by atoms with Crippen LogP contribution in [0, 0.1) is 13.8 Å². The summed E-state index contributed by atoms with van der Waals surface area (Å²) in [6, 6.07) is 2.21. The van der Waals surface area contributed by atoms with E-state index in [4.69, 9.17) is 9.72 Å². The molecule has 0 aromatic carbocycles. The molecule has 0 spiro atoms. The van der Waals surface area contributed by atoms with Crippen LogP contribution in [0.2, 0.25) is 0 Å². The molecule has 5 heteroatoms. The molecule has 0 bridgehead atoms. The highest BCUT2D eigenvalue weighted by Crippen LogP contribution is 2.30. The number of aryl methyl sites for hydroxylation is 1. The van der Waals surface area contributed by atoms with E-state index in [0.29, 0.717) is 6.10 Å². The maximum atomic E-state index is 5.63. The summed E-state index contributed by atoms with van der Waals surface area (Å²) in [4.78, 5) is 4.73. The highest BCUT2D eigenvalue weighted by Gasteiger charge is 2.16. The van der Waals surface area contributed by atoms with Gasteiger partial charge in [-0.25, -0.2) is 4.98 Å². The van der Waals surface area contributed by atoms with Gasteiger partial charge in [0.15, 0.2) is 5.13 Å². The third-order valence-electron chi connectivity index (χ3n) is 4.17. The second-order valence-electron chi connectivity index (χ2n) is 5.74. The van der Waals surface area contributed by atoms with Crippen LogP contribution < -0.4 is 5.32 Å². The Morgan fingerprint density at radius 2 is 2.41 bits per heavy atom. The van der Waals surface area contributed by atoms with Crippen molar-refractivity contribution in [3.8, 4) is 11.3 Å². The number of nitrogens with one attached hydrogen (secondary N) is 1. The van der Waals surface area contributed by atoms with Crippen molar-refractivity contribution in [3.05, 3.63) is 35.5 Å². The molecule has 1 fully saturated rings. The highest BCUT2D eigenvalue weighted by molar-refractivity contribution is 7.14. The third-order valence-corrected chi connectivity index (χ3v) is 4.97. The van der Waals surface area contributed by atoms with Crippen molar-refractivity contribution in [2.45, 2.75) is 39.3 Å². The van der Waals surface area contributed by atoms with Gasteiger partial charge in [0.05, 0.1) is 11.8 Å². The Hall–Kier alpha value is -1.59. The number of anilines is 1. The first-order valence-corrected chi connectivity index (χ1v) is 8.66. The molecular weight excluding hydrogens is 294 g/mol. The summed E-state index contributed by atoms with van der Waals surface area (Å²) in [5.41, 5.74) is 4.74. The number of allylic oxidation sites excluding steroid dienone is 1. The van der Waals surface area contributed by atoms with Crippen molar-refractivity contribution < 1.29 is 4.74 Å². The minimum Gasteiger partial charge on any atom is -0.376 e. The summed E-state index contributed by atoms with van der Waals surface area (Å²) in [6.45, 7) is 10.7. The van der Waals surface area contributed by atoms with Gasteiger partial charge in [-0.2, -0.15) is 0 Å². The molecule has 1 aliphatic rings. The number of thiazole rings is 1. The van der Waals surface area contributed by atoms with Crippen LogP contribution in [0.4, 0.5) is 5.13 Å². The summed E-state index contributed by atoms with van der Waals surface area (Å²) in [5, 5.41) is 6.50. The Balaban J connectivity index is 1.73. The Labute approximate surface area is 135 Å². The van der Waals surface area contributed by atoms with Crippen LogP contribution in [0.3, 0.4) is 0 Å². The van der Waals surface area contributed by atoms with E-state index >= 15 is 0 Å². The molecule has 1 atom stereocenters. The van der Waals surface area contributed by atoms with Crippen molar-refractivity contribution >= 4 is 16.5 Å². The normalized spacial score (nSPS) is 17.8. The van der Waals surface area contributed by atoms with E-state index in [-0.39, 0.29) is 0 Å². The van der Waals surface area contributed by atoms with E-state index in [2.05, 4.69) is 41.8 Å². The maximum absolute atomic E-state index is 5.63. The SMILES string of the molecule is C=CCn1c(C)cc(-c2csc(NCC3CCCO3)n2)c1C. The van der Waals surface area contributed by atoms with E-state index in [1.54, 1.807) is 11.3 Å². The number of hydrogen-bond donors (Lipinski definition) is 1. The Morgan fingerprint density at radius 1 is 1.55 bits per heavy atom. The van der Waals surface area contributed by atoms with Crippen LogP contribution in [-0.4, -0.2) is 28.8 Å². The second kappa shape index (κ2) is 6.67. The van der Waals surface area contributed by atoms with Crippen LogP contribution in [0.1, 0.15) is 24.2 Å². The first-order chi connectivity index (χ1) is 10.7.